The molecule has 3 heterocycles. The highest BCUT2D eigenvalue weighted by Gasteiger charge is 2.35. The SMILES string of the molecule is Cc1cc(C(F)(F)F)nc2sc(C(N)=O)c(NC(=O)c3c([N+](=O)[O-])cnn3C)c12. The van der Waals surface area contributed by atoms with Gasteiger partial charge in [-0.3, -0.25) is 24.4 Å². The molecular formula is C15H11F3N6O4S. The Kier molecular flexibility index (Phi) is 4.74. The van der Waals surface area contributed by atoms with Gasteiger partial charge in [-0.05, 0) is 18.6 Å². The molecule has 152 valence electrons. The van der Waals surface area contributed by atoms with E-state index in [0.717, 1.165) is 16.9 Å². The van der Waals surface area contributed by atoms with Crippen LogP contribution in [-0.2, 0) is 13.2 Å². The molecular weight excluding hydrogens is 417 g/mol. The second-order valence-electron chi connectivity index (χ2n) is 5.89. The first-order chi connectivity index (χ1) is 13.4. The van der Waals surface area contributed by atoms with Gasteiger partial charge in [-0.1, -0.05) is 0 Å². The number of hydrogen-bond donors (Lipinski definition) is 2. The van der Waals surface area contributed by atoms with Crippen molar-refractivity contribution in [1.29, 1.82) is 0 Å². The largest absolute Gasteiger partial charge is 0.433 e. The van der Waals surface area contributed by atoms with Gasteiger partial charge in [0.25, 0.3) is 11.8 Å². The second kappa shape index (κ2) is 6.80. The highest BCUT2D eigenvalue weighted by Crippen LogP contribution is 2.40. The summed E-state index contributed by atoms with van der Waals surface area (Å²) in [6.45, 7) is 1.35. The zero-order chi connectivity index (χ0) is 21.7. The van der Waals surface area contributed by atoms with Crippen LogP contribution in [0.15, 0.2) is 12.3 Å². The van der Waals surface area contributed by atoms with E-state index in [1.807, 2.05) is 0 Å². The fourth-order valence-electron chi connectivity index (χ4n) is 2.72. The lowest BCUT2D eigenvalue weighted by molar-refractivity contribution is -0.385. The fraction of sp³-hybridized carbons (Fsp3) is 0.200. The van der Waals surface area contributed by atoms with Gasteiger partial charge in [0, 0.05) is 12.4 Å². The van der Waals surface area contributed by atoms with E-state index in [1.165, 1.54) is 14.0 Å². The molecule has 0 spiro atoms. The smallest absolute Gasteiger partial charge is 0.365 e. The molecule has 0 bridgehead atoms. The average molecular weight is 428 g/mol. The van der Waals surface area contributed by atoms with Crippen LogP contribution in [0.1, 0.15) is 31.4 Å². The van der Waals surface area contributed by atoms with Crippen molar-refractivity contribution in [3.63, 3.8) is 0 Å². The Hall–Kier alpha value is -3.55. The lowest BCUT2D eigenvalue weighted by Gasteiger charge is -2.09. The molecule has 0 aliphatic heterocycles. The normalized spacial score (nSPS) is 11.6. The van der Waals surface area contributed by atoms with Crippen LogP contribution in [0.3, 0.4) is 0 Å². The fourth-order valence-corrected chi connectivity index (χ4v) is 3.77. The van der Waals surface area contributed by atoms with E-state index in [4.69, 9.17) is 5.73 Å². The van der Waals surface area contributed by atoms with Gasteiger partial charge in [0.1, 0.15) is 21.6 Å². The van der Waals surface area contributed by atoms with Crippen LogP contribution in [-0.4, -0.2) is 31.5 Å². The molecule has 29 heavy (non-hydrogen) atoms. The number of fused-ring (bicyclic) bond motifs is 1. The first-order valence-corrected chi connectivity index (χ1v) is 8.52. The molecule has 0 aliphatic rings. The molecule has 0 saturated heterocycles. The number of carbonyl (C=O) groups excluding carboxylic acids is 2. The third-order valence-corrected chi connectivity index (χ3v) is 5.04. The van der Waals surface area contributed by atoms with E-state index in [0.29, 0.717) is 11.3 Å². The van der Waals surface area contributed by atoms with Crippen LogP contribution in [0, 0.1) is 17.0 Å². The number of nitrogens with two attached hydrogens (primary N) is 1. The summed E-state index contributed by atoms with van der Waals surface area (Å²) < 4.78 is 40.0. The highest BCUT2D eigenvalue weighted by atomic mass is 32.1. The number of pyridine rings is 1. The molecule has 0 aliphatic carbocycles. The maximum Gasteiger partial charge on any atom is 0.433 e. The summed E-state index contributed by atoms with van der Waals surface area (Å²) in [6, 6.07) is 0.766. The number of primary amides is 1. The summed E-state index contributed by atoms with van der Waals surface area (Å²) in [5, 5.41) is 17.2. The molecule has 0 saturated carbocycles. The van der Waals surface area contributed by atoms with Gasteiger partial charge < -0.3 is 11.1 Å². The molecule has 3 N–H and O–H groups in total. The minimum atomic E-state index is -4.71. The van der Waals surface area contributed by atoms with Gasteiger partial charge in [-0.25, -0.2) is 4.98 Å². The van der Waals surface area contributed by atoms with E-state index < -0.39 is 40.0 Å². The first-order valence-electron chi connectivity index (χ1n) is 7.70. The molecule has 10 nitrogen and oxygen atoms in total. The summed E-state index contributed by atoms with van der Waals surface area (Å²) in [5.74, 6) is -1.99. The van der Waals surface area contributed by atoms with Crippen LogP contribution in [0.2, 0.25) is 0 Å². The number of aryl methyl sites for hydroxylation is 2. The number of nitrogens with one attached hydrogen (secondary N) is 1. The van der Waals surface area contributed by atoms with Crippen LogP contribution < -0.4 is 11.1 Å². The predicted molar refractivity (Wildman–Crippen MR) is 95.7 cm³/mol. The topological polar surface area (TPSA) is 146 Å². The standard InChI is InChI=1S/C15H11F3N6O4S/c1-5-3-7(15(16,17)18)21-14-8(5)9(11(29-14)12(19)25)22-13(26)10-6(24(27)28)4-20-23(10)2/h3-4H,1-2H3,(H2,19,25)(H,22,26). The van der Waals surface area contributed by atoms with Gasteiger partial charge in [0.15, 0.2) is 0 Å². The number of alkyl halides is 3. The van der Waals surface area contributed by atoms with E-state index in [9.17, 15) is 32.9 Å². The summed E-state index contributed by atoms with van der Waals surface area (Å²) in [4.78, 5) is 37.8. The summed E-state index contributed by atoms with van der Waals surface area (Å²) in [6.07, 6.45) is -3.84. The number of nitrogens with zero attached hydrogens (tertiary/aromatic N) is 4. The molecule has 0 fully saturated rings. The van der Waals surface area contributed by atoms with Crippen molar-refractivity contribution in [3.05, 3.63) is 44.2 Å². The second-order valence-corrected chi connectivity index (χ2v) is 6.89. The Labute approximate surface area is 163 Å². The number of amides is 2. The Balaban J connectivity index is 2.18. The molecule has 0 aromatic carbocycles. The minimum Gasteiger partial charge on any atom is -0.365 e. The third kappa shape index (κ3) is 3.49. The van der Waals surface area contributed by atoms with E-state index in [2.05, 4.69) is 15.4 Å². The summed E-state index contributed by atoms with van der Waals surface area (Å²) in [5.41, 5.74) is 3.05. The Morgan fingerprint density at radius 1 is 1.38 bits per heavy atom. The number of carbonyl (C=O) groups is 2. The van der Waals surface area contributed by atoms with Gasteiger partial charge >= 0.3 is 11.9 Å². The molecule has 3 aromatic heterocycles. The number of nitro groups is 1. The van der Waals surface area contributed by atoms with Crippen LogP contribution in [0.25, 0.3) is 10.2 Å². The van der Waals surface area contributed by atoms with Crippen LogP contribution >= 0.6 is 11.3 Å². The van der Waals surface area contributed by atoms with E-state index in [-0.39, 0.29) is 26.3 Å². The van der Waals surface area contributed by atoms with Crippen molar-refractivity contribution >= 4 is 44.7 Å². The van der Waals surface area contributed by atoms with Crippen molar-refractivity contribution in [2.45, 2.75) is 13.1 Å². The molecule has 0 unspecified atom stereocenters. The number of aromatic nitrogens is 3. The van der Waals surface area contributed by atoms with Crippen LogP contribution in [0.5, 0.6) is 0 Å². The van der Waals surface area contributed by atoms with Crippen molar-refractivity contribution in [1.82, 2.24) is 14.8 Å². The maximum atomic E-state index is 13.0. The number of hydrogen-bond acceptors (Lipinski definition) is 7. The van der Waals surface area contributed by atoms with E-state index >= 15 is 0 Å². The lowest BCUT2D eigenvalue weighted by atomic mass is 10.1. The molecule has 3 aromatic rings. The zero-order valence-electron chi connectivity index (χ0n) is 14.7. The Morgan fingerprint density at radius 2 is 2.03 bits per heavy atom. The van der Waals surface area contributed by atoms with Gasteiger partial charge in [0.2, 0.25) is 5.69 Å². The highest BCUT2D eigenvalue weighted by molar-refractivity contribution is 7.21. The Morgan fingerprint density at radius 3 is 2.59 bits per heavy atom. The van der Waals surface area contributed by atoms with Gasteiger partial charge in [-0.2, -0.15) is 18.3 Å². The number of thiophene rings is 1. The number of rotatable bonds is 4. The maximum absolute atomic E-state index is 13.0. The van der Waals surface area contributed by atoms with Crippen molar-refractivity contribution < 1.29 is 27.7 Å². The summed E-state index contributed by atoms with van der Waals surface area (Å²) >= 11 is 0.574. The quantitative estimate of drug-likeness (QED) is 0.482. The zero-order valence-corrected chi connectivity index (χ0v) is 15.5. The van der Waals surface area contributed by atoms with E-state index in [1.54, 1.807) is 0 Å². The Bertz CT molecular complexity index is 1180. The van der Waals surface area contributed by atoms with Crippen molar-refractivity contribution in [3.8, 4) is 0 Å². The van der Waals surface area contributed by atoms with Crippen LogP contribution in [0.4, 0.5) is 24.5 Å². The van der Waals surface area contributed by atoms with Crippen molar-refractivity contribution in [2.24, 2.45) is 12.8 Å². The molecule has 2 amide bonds. The average Bonchev–Trinajstić information content (AvgIpc) is 3.15. The van der Waals surface area contributed by atoms with Crippen molar-refractivity contribution in [2.75, 3.05) is 5.32 Å². The number of anilines is 1. The minimum absolute atomic E-state index is 0.0787. The first kappa shape index (κ1) is 20.2. The monoisotopic (exact) mass is 428 g/mol. The molecule has 3 rings (SSSR count). The third-order valence-electron chi connectivity index (χ3n) is 3.94. The lowest BCUT2D eigenvalue weighted by Crippen LogP contribution is -2.20. The predicted octanol–water partition coefficient (Wildman–Crippen LogP) is 2.62. The van der Waals surface area contributed by atoms with Gasteiger partial charge in [-0.15, -0.1) is 11.3 Å². The number of halogens is 3. The summed E-state index contributed by atoms with van der Waals surface area (Å²) in [7, 11) is 1.30. The molecule has 0 atom stereocenters. The molecule has 14 heteroatoms. The molecule has 0 radical (unpaired) electrons. The van der Waals surface area contributed by atoms with Gasteiger partial charge in [0.05, 0.1) is 10.6 Å².